The van der Waals surface area contributed by atoms with E-state index in [1.807, 2.05) is 6.08 Å². The van der Waals surface area contributed by atoms with Gasteiger partial charge in [0.05, 0.1) is 16.8 Å². The number of rotatable bonds is 4. The lowest BCUT2D eigenvalue weighted by Gasteiger charge is -2.30. The standard InChI is InChI=1S/C26H30ClN3O8/c1-14-10-21-20(38-21)5-3-2-4-16(11-17-23(26(35)37-14)18(31)12-19(32)24(17)27)29-36-13-22(33)30-8-6-15(7-9-30)25(28)34/h2-5,12,14-15,20-21,31-32H,6-11,13H2,1H3,(H2,28,34)/b4-2+,5-3-,29-16+/t14-,20-,21-/m1/s1. The summed E-state index contributed by atoms with van der Waals surface area (Å²) in [4.78, 5) is 43.8. The number of nitrogens with zero attached hydrogens (tertiary/aromatic N) is 2. The maximum absolute atomic E-state index is 13.0. The number of nitrogens with two attached hydrogens (primary N) is 1. The van der Waals surface area contributed by atoms with Crippen molar-refractivity contribution in [2.75, 3.05) is 19.7 Å². The molecule has 0 saturated carbocycles. The highest BCUT2D eigenvalue weighted by molar-refractivity contribution is 6.33. The summed E-state index contributed by atoms with van der Waals surface area (Å²) in [5.41, 5.74) is 5.50. The lowest BCUT2D eigenvalue weighted by molar-refractivity contribution is -0.139. The van der Waals surface area contributed by atoms with Crippen molar-refractivity contribution in [1.29, 1.82) is 0 Å². The molecule has 4 rings (SSSR count). The average Bonchev–Trinajstić information content (AvgIpc) is 3.61. The van der Waals surface area contributed by atoms with Crippen LogP contribution in [0.5, 0.6) is 11.5 Å². The van der Waals surface area contributed by atoms with E-state index in [1.165, 1.54) is 0 Å². The highest BCUT2D eigenvalue weighted by atomic mass is 35.5. The zero-order valence-electron chi connectivity index (χ0n) is 20.8. The second-order valence-corrected chi connectivity index (χ2v) is 9.89. The predicted octanol–water partition coefficient (Wildman–Crippen LogP) is 2.22. The molecule has 38 heavy (non-hydrogen) atoms. The Labute approximate surface area is 224 Å². The van der Waals surface area contributed by atoms with Crippen LogP contribution in [0.1, 0.15) is 42.1 Å². The largest absolute Gasteiger partial charge is 0.507 e. The van der Waals surface area contributed by atoms with Crippen LogP contribution in [-0.4, -0.2) is 76.6 Å². The van der Waals surface area contributed by atoms with E-state index < -0.39 is 23.6 Å². The summed E-state index contributed by atoms with van der Waals surface area (Å²) in [6.45, 7) is 2.16. The number of cyclic esters (lactones) is 1. The van der Waals surface area contributed by atoms with Crippen LogP contribution in [-0.2, 0) is 30.3 Å². The zero-order chi connectivity index (χ0) is 27.4. The summed E-state index contributed by atoms with van der Waals surface area (Å²) >= 11 is 6.33. The van der Waals surface area contributed by atoms with Gasteiger partial charge in [-0.25, -0.2) is 4.79 Å². The molecule has 3 aliphatic rings. The number of hydrogen-bond acceptors (Lipinski definition) is 9. The molecule has 4 N–H and O–H groups in total. The minimum absolute atomic E-state index is 0.0924. The molecule has 1 aromatic carbocycles. The fourth-order valence-electron chi connectivity index (χ4n) is 4.53. The normalized spacial score (nSPS) is 26.9. The molecule has 0 aliphatic carbocycles. The highest BCUT2D eigenvalue weighted by Crippen LogP contribution is 2.38. The Kier molecular flexibility index (Phi) is 8.58. The first-order valence-electron chi connectivity index (χ1n) is 12.3. The number of carbonyl (C=O) groups is 3. The van der Waals surface area contributed by atoms with Gasteiger partial charge in [0.2, 0.25) is 5.91 Å². The van der Waals surface area contributed by atoms with Crippen molar-refractivity contribution in [3.63, 3.8) is 0 Å². The highest BCUT2D eigenvalue weighted by Gasteiger charge is 2.38. The number of phenols is 2. The minimum Gasteiger partial charge on any atom is -0.507 e. The van der Waals surface area contributed by atoms with Crippen LogP contribution in [0.4, 0.5) is 0 Å². The molecule has 0 radical (unpaired) electrons. The van der Waals surface area contributed by atoms with Gasteiger partial charge in [0.1, 0.15) is 29.3 Å². The van der Waals surface area contributed by atoms with Crippen molar-refractivity contribution in [2.24, 2.45) is 16.8 Å². The number of epoxide rings is 1. The first-order valence-corrected chi connectivity index (χ1v) is 12.7. The molecule has 3 aliphatic heterocycles. The number of piperidine rings is 1. The van der Waals surface area contributed by atoms with Crippen molar-refractivity contribution in [3.8, 4) is 11.5 Å². The van der Waals surface area contributed by atoms with Crippen molar-refractivity contribution in [2.45, 2.75) is 50.9 Å². The van der Waals surface area contributed by atoms with Crippen LogP contribution in [0, 0.1) is 5.92 Å². The first-order chi connectivity index (χ1) is 18.1. The number of benzene rings is 1. The van der Waals surface area contributed by atoms with Gasteiger partial charge in [-0.3, -0.25) is 9.59 Å². The van der Waals surface area contributed by atoms with Gasteiger partial charge in [-0.1, -0.05) is 35.0 Å². The second kappa shape index (κ2) is 11.9. The van der Waals surface area contributed by atoms with Crippen molar-refractivity contribution in [1.82, 2.24) is 4.90 Å². The quantitative estimate of drug-likeness (QED) is 0.293. The fourth-order valence-corrected chi connectivity index (χ4v) is 4.74. The number of allylic oxidation sites excluding steroid dienone is 3. The van der Waals surface area contributed by atoms with Crippen LogP contribution >= 0.6 is 11.6 Å². The number of amides is 2. The van der Waals surface area contributed by atoms with Gasteiger partial charge in [-0.15, -0.1) is 0 Å². The molecule has 2 saturated heterocycles. The Morgan fingerprint density at radius 1 is 1.24 bits per heavy atom. The lowest BCUT2D eigenvalue weighted by Crippen LogP contribution is -2.43. The molecule has 0 spiro atoms. The van der Waals surface area contributed by atoms with Gasteiger partial charge in [0, 0.05) is 37.9 Å². The third-order valence-corrected chi connectivity index (χ3v) is 7.12. The zero-order valence-corrected chi connectivity index (χ0v) is 21.6. The number of oxime groups is 1. The SMILES string of the molecule is C[C@@H]1C[C@H]2O[C@@H]2\C=C/C=C/C(=N\OCC(=O)N2CCC(C(N)=O)CC2)Cc2c(Cl)c(O)cc(O)c2C(=O)O1. The molecule has 2 amide bonds. The van der Waals surface area contributed by atoms with Crippen molar-refractivity contribution < 1.29 is 38.9 Å². The molecule has 0 bridgehead atoms. The summed E-state index contributed by atoms with van der Waals surface area (Å²) in [7, 11) is 0. The molecular weight excluding hydrogens is 518 g/mol. The van der Waals surface area contributed by atoms with E-state index in [1.54, 1.807) is 30.1 Å². The van der Waals surface area contributed by atoms with E-state index >= 15 is 0 Å². The predicted molar refractivity (Wildman–Crippen MR) is 137 cm³/mol. The van der Waals surface area contributed by atoms with Crippen LogP contribution in [0.15, 0.2) is 35.5 Å². The minimum atomic E-state index is -0.810. The second-order valence-electron chi connectivity index (χ2n) is 9.51. The first kappa shape index (κ1) is 27.5. The summed E-state index contributed by atoms with van der Waals surface area (Å²) in [5, 5.41) is 24.6. The van der Waals surface area contributed by atoms with Gasteiger partial charge in [0.25, 0.3) is 5.91 Å². The molecule has 0 aromatic heterocycles. The Morgan fingerprint density at radius 2 is 1.97 bits per heavy atom. The van der Waals surface area contributed by atoms with Crippen molar-refractivity contribution in [3.05, 3.63) is 46.5 Å². The monoisotopic (exact) mass is 547 g/mol. The summed E-state index contributed by atoms with van der Waals surface area (Å²) in [6, 6.07) is 0.974. The average molecular weight is 548 g/mol. The number of fused-ring (bicyclic) bond motifs is 2. The Balaban J connectivity index is 1.55. The van der Waals surface area contributed by atoms with E-state index in [0.29, 0.717) is 32.4 Å². The van der Waals surface area contributed by atoms with Crippen LogP contribution < -0.4 is 5.73 Å². The Bertz CT molecular complexity index is 1190. The maximum atomic E-state index is 13.0. The van der Waals surface area contributed by atoms with Gasteiger partial charge < -0.3 is 35.2 Å². The number of esters is 1. The van der Waals surface area contributed by atoms with Gasteiger partial charge >= 0.3 is 5.97 Å². The molecule has 0 unspecified atom stereocenters. The molecule has 3 heterocycles. The topological polar surface area (TPSA) is 164 Å². The molecule has 11 nitrogen and oxygen atoms in total. The third-order valence-electron chi connectivity index (χ3n) is 6.70. The van der Waals surface area contributed by atoms with E-state index in [0.717, 1.165) is 6.07 Å². The number of halogens is 1. The molecule has 2 fully saturated rings. The van der Waals surface area contributed by atoms with Crippen LogP contribution in [0.2, 0.25) is 5.02 Å². The number of ether oxygens (including phenoxy) is 2. The van der Waals surface area contributed by atoms with Gasteiger partial charge in [-0.2, -0.15) is 0 Å². The molecule has 204 valence electrons. The van der Waals surface area contributed by atoms with Crippen LogP contribution in [0.25, 0.3) is 0 Å². The van der Waals surface area contributed by atoms with Gasteiger partial charge in [0.15, 0.2) is 6.61 Å². The lowest BCUT2D eigenvalue weighted by atomic mass is 9.96. The smallest absolute Gasteiger partial charge is 0.342 e. The van der Waals surface area contributed by atoms with E-state index in [2.05, 4.69) is 5.16 Å². The summed E-state index contributed by atoms with van der Waals surface area (Å²) in [6.07, 6.45) is 7.56. The van der Waals surface area contributed by atoms with E-state index in [-0.39, 0.29) is 64.8 Å². The van der Waals surface area contributed by atoms with Crippen LogP contribution in [0.3, 0.4) is 0 Å². The van der Waals surface area contributed by atoms with E-state index in [9.17, 15) is 24.6 Å². The Hall–Kier alpha value is -3.57. The summed E-state index contributed by atoms with van der Waals surface area (Å²) in [5.74, 6) is -2.64. The number of carbonyl (C=O) groups excluding carboxylic acids is 3. The number of phenolic OH excluding ortho intramolecular Hbond substituents is 2. The number of aromatic hydroxyl groups is 2. The number of primary amides is 1. The molecule has 12 heteroatoms. The summed E-state index contributed by atoms with van der Waals surface area (Å²) < 4.78 is 11.1. The van der Waals surface area contributed by atoms with Crippen molar-refractivity contribution >= 4 is 35.1 Å². The number of hydrogen-bond donors (Lipinski definition) is 3. The maximum Gasteiger partial charge on any atom is 0.342 e. The third kappa shape index (κ3) is 6.65. The molecule has 3 atom stereocenters. The molecule has 1 aromatic rings. The van der Waals surface area contributed by atoms with Gasteiger partial charge in [-0.05, 0) is 31.4 Å². The van der Waals surface area contributed by atoms with E-state index in [4.69, 9.17) is 31.6 Å². The Morgan fingerprint density at radius 3 is 2.68 bits per heavy atom. The number of likely N-dealkylation sites (tertiary alicyclic amines) is 1. The fraction of sp³-hybridized carbons (Fsp3) is 0.462. The molecular formula is C26H30ClN3O8.